The van der Waals surface area contributed by atoms with Gasteiger partial charge in [-0.1, -0.05) is 6.58 Å². The van der Waals surface area contributed by atoms with Crippen LogP contribution in [0.2, 0.25) is 0 Å². The summed E-state index contributed by atoms with van der Waals surface area (Å²) in [5.41, 5.74) is 2.23. The van der Waals surface area contributed by atoms with Gasteiger partial charge in [0.25, 0.3) is 5.19 Å². The lowest BCUT2D eigenvalue weighted by Crippen LogP contribution is -2.42. The lowest BCUT2D eigenvalue weighted by Gasteiger charge is -2.31. The Hall–Kier alpha value is -3.35. The first-order chi connectivity index (χ1) is 18.0. The Morgan fingerprint density at radius 2 is 2.05 bits per heavy atom. The highest BCUT2D eigenvalue weighted by atomic mass is 32.1. The summed E-state index contributed by atoms with van der Waals surface area (Å²) < 4.78 is 30.4. The number of nitrogens with zero attached hydrogens (tertiary/aromatic N) is 5. The van der Waals surface area contributed by atoms with Crippen molar-refractivity contribution in [2.75, 3.05) is 32.2 Å². The van der Waals surface area contributed by atoms with Crippen molar-refractivity contribution in [2.45, 2.75) is 38.6 Å². The Morgan fingerprint density at radius 1 is 1.24 bits per heavy atom. The Labute approximate surface area is 221 Å². The van der Waals surface area contributed by atoms with Crippen molar-refractivity contribution in [3.63, 3.8) is 0 Å². The van der Waals surface area contributed by atoms with Gasteiger partial charge < -0.3 is 28.3 Å². The first-order valence-corrected chi connectivity index (χ1v) is 13.6. The predicted molar refractivity (Wildman–Crippen MR) is 142 cm³/mol. The van der Waals surface area contributed by atoms with Crippen LogP contribution in [0, 0.1) is 0 Å². The molecule has 0 saturated carbocycles. The number of thiazole rings is 1. The molecule has 2 fully saturated rings. The molecule has 4 aromatic rings. The number of aromatic nitrogens is 4. The Morgan fingerprint density at radius 3 is 2.78 bits per heavy atom. The number of fused-ring (bicyclic) bond motifs is 3. The van der Waals surface area contributed by atoms with E-state index in [-0.39, 0.29) is 0 Å². The second-order valence-corrected chi connectivity index (χ2v) is 10.7. The van der Waals surface area contributed by atoms with Gasteiger partial charge in [0, 0.05) is 24.5 Å². The summed E-state index contributed by atoms with van der Waals surface area (Å²) in [7, 11) is 3.20. The van der Waals surface area contributed by atoms with E-state index in [9.17, 15) is 0 Å². The molecule has 0 radical (unpaired) electrons. The normalized spacial score (nSPS) is 19.5. The molecule has 2 atom stereocenters. The van der Waals surface area contributed by atoms with Crippen LogP contribution in [-0.2, 0) is 20.8 Å². The average Bonchev–Trinajstić information content (AvgIpc) is 3.71. The molecule has 2 aliphatic heterocycles. The Kier molecular flexibility index (Phi) is 6.39. The quantitative estimate of drug-likeness (QED) is 0.269. The number of ether oxygens (including phenoxy) is 4. The fourth-order valence-electron chi connectivity index (χ4n) is 4.50. The van der Waals surface area contributed by atoms with Gasteiger partial charge in [-0.2, -0.15) is 0 Å². The zero-order valence-electron chi connectivity index (χ0n) is 20.8. The molecule has 0 N–H and O–H groups in total. The highest BCUT2D eigenvalue weighted by molar-refractivity contribution is 7.18. The number of anilines is 1. The van der Waals surface area contributed by atoms with Gasteiger partial charge in [-0.15, -0.1) is 16.4 Å². The van der Waals surface area contributed by atoms with Gasteiger partial charge in [-0.25, -0.2) is 14.5 Å². The van der Waals surface area contributed by atoms with Crippen LogP contribution >= 0.6 is 22.7 Å². The molecule has 6 rings (SSSR count). The number of methoxy groups -OCH3 is 2. The monoisotopic (exact) mass is 541 g/mol. The Balaban J connectivity index is 1.19. The summed E-state index contributed by atoms with van der Waals surface area (Å²) in [6, 6.07) is 1.87. The highest BCUT2D eigenvalue weighted by Gasteiger charge is 2.34. The van der Waals surface area contributed by atoms with Crippen LogP contribution < -0.4 is 9.64 Å². The van der Waals surface area contributed by atoms with E-state index in [1.165, 1.54) is 11.3 Å². The summed E-state index contributed by atoms with van der Waals surface area (Å²) >= 11 is 2.99. The molecule has 2 saturated heterocycles. The number of rotatable bonds is 9. The van der Waals surface area contributed by atoms with Crippen molar-refractivity contribution >= 4 is 44.6 Å². The number of hydrogen-bond acceptors (Lipinski definition) is 11. The first-order valence-electron chi connectivity index (χ1n) is 11.9. The average molecular weight is 542 g/mol. The molecule has 2 aliphatic rings. The van der Waals surface area contributed by atoms with E-state index in [0.717, 1.165) is 36.8 Å². The molecule has 0 spiro atoms. The van der Waals surface area contributed by atoms with Crippen LogP contribution in [0.4, 0.5) is 5.13 Å². The van der Waals surface area contributed by atoms with E-state index in [2.05, 4.69) is 21.6 Å². The van der Waals surface area contributed by atoms with Gasteiger partial charge in [0.15, 0.2) is 10.9 Å². The highest BCUT2D eigenvalue weighted by Crippen LogP contribution is 2.34. The predicted octanol–water partition coefficient (Wildman–Crippen LogP) is 5.08. The molecule has 0 aliphatic carbocycles. The smallest absolute Gasteiger partial charge is 0.294 e. The zero-order chi connectivity index (χ0) is 25.5. The number of morpholine rings is 1. The fraction of sp³-hybridized carbons (Fsp3) is 0.400. The molecule has 6 heterocycles. The standard InChI is InChI=1S/C25H27N5O5S2/c1-14(31-3)7-21-19(8-22(35-21)20-11-30-24(27-20)37-25(28-30)32-4)15(2)33-12-16-13-36-23(26-16)29-9-17-5-6-18(10-29)34-17/h7-8,11,13,17-18H,2,5-6,9-10,12H2,1,3-4H3/b14-7+. The molecule has 37 heavy (non-hydrogen) atoms. The van der Waals surface area contributed by atoms with Crippen LogP contribution in [0.25, 0.3) is 28.3 Å². The minimum absolute atomic E-state index is 0.309. The second-order valence-electron chi connectivity index (χ2n) is 8.97. The van der Waals surface area contributed by atoms with Gasteiger partial charge in [0.1, 0.15) is 23.8 Å². The van der Waals surface area contributed by atoms with E-state index in [1.807, 2.05) is 18.4 Å². The minimum Gasteiger partial charge on any atom is -0.501 e. The number of furan rings is 1. The fourth-order valence-corrected chi connectivity index (χ4v) is 6.03. The van der Waals surface area contributed by atoms with Crippen LogP contribution in [-0.4, -0.2) is 59.1 Å². The maximum absolute atomic E-state index is 6.15. The molecule has 2 unspecified atom stereocenters. The summed E-state index contributed by atoms with van der Waals surface area (Å²) in [5.74, 6) is 2.31. The van der Waals surface area contributed by atoms with Gasteiger partial charge in [0.2, 0.25) is 4.96 Å². The van der Waals surface area contributed by atoms with Crippen LogP contribution in [0.1, 0.15) is 36.8 Å². The van der Waals surface area contributed by atoms with Gasteiger partial charge in [0.05, 0.1) is 49.6 Å². The summed E-state index contributed by atoms with van der Waals surface area (Å²) in [6.45, 7) is 8.13. The van der Waals surface area contributed by atoms with Gasteiger partial charge >= 0.3 is 0 Å². The summed E-state index contributed by atoms with van der Waals surface area (Å²) in [5, 5.41) is 7.93. The number of allylic oxidation sites excluding steroid dienone is 1. The number of imidazole rings is 1. The summed E-state index contributed by atoms with van der Waals surface area (Å²) in [6.07, 6.45) is 6.52. The van der Waals surface area contributed by atoms with E-state index >= 15 is 0 Å². The lowest BCUT2D eigenvalue weighted by molar-refractivity contribution is 0.0304. The zero-order valence-corrected chi connectivity index (χ0v) is 22.4. The minimum atomic E-state index is 0.309. The third kappa shape index (κ3) is 4.83. The lowest BCUT2D eigenvalue weighted by atomic mass is 10.2. The molecule has 0 aromatic carbocycles. The Bertz CT molecular complexity index is 1420. The molecule has 12 heteroatoms. The van der Waals surface area contributed by atoms with Crippen molar-refractivity contribution < 1.29 is 23.4 Å². The van der Waals surface area contributed by atoms with Gasteiger partial charge in [-0.3, -0.25) is 0 Å². The van der Waals surface area contributed by atoms with Crippen molar-refractivity contribution in [3.8, 4) is 16.6 Å². The van der Waals surface area contributed by atoms with Crippen molar-refractivity contribution in [1.29, 1.82) is 0 Å². The molecule has 194 valence electrons. The largest absolute Gasteiger partial charge is 0.501 e. The second kappa shape index (κ2) is 9.84. The molecule has 4 aromatic heterocycles. The maximum Gasteiger partial charge on any atom is 0.294 e. The van der Waals surface area contributed by atoms with Crippen molar-refractivity contribution in [1.82, 2.24) is 19.6 Å². The van der Waals surface area contributed by atoms with E-state index in [4.69, 9.17) is 28.3 Å². The molecular formula is C25H27N5O5S2. The summed E-state index contributed by atoms with van der Waals surface area (Å²) in [4.78, 5) is 12.5. The van der Waals surface area contributed by atoms with E-state index in [1.54, 1.807) is 42.3 Å². The molecular weight excluding hydrogens is 514 g/mol. The van der Waals surface area contributed by atoms with Crippen molar-refractivity contribution in [3.05, 3.63) is 47.0 Å². The molecule has 0 amide bonds. The SMILES string of the molecule is C=C(OCc1csc(N2CC3CCC(C2)O3)n1)c1cc(-c2cn3nc(OC)sc3n2)oc1/C=C(\C)OC. The number of hydrogen-bond donors (Lipinski definition) is 0. The van der Waals surface area contributed by atoms with E-state index in [0.29, 0.717) is 63.3 Å². The first kappa shape index (κ1) is 24.0. The molecule has 2 bridgehead atoms. The van der Waals surface area contributed by atoms with Crippen molar-refractivity contribution in [2.24, 2.45) is 0 Å². The van der Waals surface area contributed by atoms with Crippen LogP contribution in [0.15, 0.2) is 34.4 Å². The third-order valence-electron chi connectivity index (χ3n) is 6.42. The van der Waals surface area contributed by atoms with Crippen LogP contribution in [0.5, 0.6) is 5.19 Å². The van der Waals surface area contributed by atoms with E-state index < -0.39 is 0 Å². The van der Waals surface area contributed by atoms with Gasteiger partial charge in [-0.05, 0) is 37.2 Å². The third-order valence-corrected chi connectivity index (χ3v) is 8.25. The molecule has 10 nitrogen and oxygen atoms in total. The topological polar surface area (TPSA) is 96.4 Å². The maximum atomic E-state index is 6.15. The van der Waals surface area contributed by atoms with Crippen LogP contribution in [0.3, 0.4) is 0 Å².